The Morgan fingerprint density at radius 1 is 1.24 bits per heavy atom. The average molecular weight is 337 g/mol. The van der Waals surface area contributed by atoms with Gasteiger partial charge in [-0.3, -0.25) is 4.79 Å². The number of aromatic amines is 1. The van der Waals surface area contributed by atoms with Crippen LogP contribution in [0.3, 0.4) is 0 Å². The second-order valence-electron chi connectivity index (χ2n) is 6.00. The molecule has 130 valence electrons. The molecule has 2 N–H and O–H groups in total. The number of imidazole rings is 1. The van der Waals surface area contributed by atoms with E-state index in [4.69, 9.17) is 4.74 Å². The molecule has 0 aliphatic carbocycles. The number of ether oxygens (including phenoxy) is 1. The van der Waals surface area contributed by atoms with Gasteiger partial charge in [-0.2, -0.15) is 0 Å². The molecule has 5 heteroatoms. The van der Waals surface area contributed by atoms with Gasteiger partial charge in [-0.1, -0.05) is 24.3 Å². The minimum absolute atomic E-state index is 0.00905. The molecule has 0 spiro atoms. The Kier molecular flexibility index (Phi) is 5.33. The summed E-state index contributed by atoms with van der Waals surface area (Å²) in [5.74, 6) is 1.67. The van der Waals surface area contributed by atoms with E-state index in [9.17, 15) is 4.79 Å². The molecule has 0 aliphatic heterocycles. The Morgan fingerprint density at radius 2 is 2.08 bits per heavy atom. The van der Waals surface area contributed by atoms with Crippen LogP contribution in [0.2, 0.25) is 0 Å². The lowest BCUT2D eigenvalue weighted by Gasteiger charge is -2.15. The van der Waals surface area contributed by atoms with Crippen molar-refractivity contribution in [3.05, 3.63) is 59.9 Å². The van der Waals surface area contributed by atoms with E-state index < -0.39 is 0 Å². The molecule has 3 aromatic rings. The molecule has 0 unspecified atom stereocenters. The van der Waals surface area contributed by atoms with Gasteiger partial charge in [0.25, 0.3) is 0 Å². The number of benzene rings is 2. The number of amides is 1. The summed E-state index contributed by atoms with van der Waals surface area (Å²) in [7, 11) is 0. The second-order valence-corrected chi connectivity index (χ2v) is 6.00. The van der Waals surface area contributed by atoms with Gasteiger partial charge in [0.1, 0.15) is 11.6 Å². The molecule has 1 heterocycles. The topological polar surface area (TPSA) is 67.0 Å². The predicted molar refractivity (Wildman–Crippen MR) is 98.6 cm³/mol. The first-order valence-electron chi connectivity index (χ1n) is 8.61. The number of aromatic nitrogens is 2. The van der Waals surface area contributed by atoms with Crippen molar-refractivity contribution in [2.45, 2.75) is 32.7 Å². The lowest BCUT2D eigenvalue weighted by molar-refractivity contribution is -0.121. The van der Waals surface area contributed by atoms with Crippen molar-refractivity contribution in [2.75, 3.05) is 6.61 Å². The van der Waals surface area contributed by atoms with Crippen molar-refractivity contribution in [1.29, 1.82) is 0 Å². The molecule has 3 rings (SSSR count). The van der Waals surface area contributed by atoms with Gasteiger partial charge in [0, 0.05) is 12.8 Å². The summed E-state index contributed by atoms with van der Waals surface area (Å²) in [6.07, 6.45) is 0.988. The highest BCUT2D eigenvalue weighted by atomic mass is 16.5. The van der Waals surface area contributed by atoms with E-state index in [1.807, 2.05) is 62.4 Å². The molecule has 1 atom stereocenters. The summed E-state index contributed by atoms with van der Waals surface area (Å²) >= 11 is 0. The maximum Gasteiger partial charge on any atom is 0.220 e. The minimum atomic E-state index is -0.0661. The molecule has 25 heavy (non-hydrogen) atoms. The average Bonchev–Trinajstić information content (AvgIpc) is 3.03. The monoisotopic (exact) mass is 337 g/mol. The van der Waals surface area contributed by atoms with Gasteiger partial charge in [-0.15, -0.1) is 0 Å². The SMILES string of the molecule is CCOc1cccc([C@@H](C)NC(=O)CCc2nc3ccccc3[nH]2)c1. The summed E-state index contributed by atoms with van der Waals surface area (Å²) in [4.78, 5) is 20.0. The Bertz CT molecular complexity index is 824. The third-order valence-electron chi connectivity index (χ3n) is 4.07. The van der Waals surface area contributed by atoms with E-state index in [2.05, 4.69) is 15.3 Å². The third-order valence-corrected chi connectivity index (χ3v) is 4.07. The number of fused-ring (bicyclic) bond motifs is 1. The summed E-state index contributed by atoms with van der Waals surface area (Å²) in [6.45, 7) is 4.56. The summed E-state index contributed by atoms with van der Waals surface area (Å²) in [5, 5.41) is 3.03. The van der Waals surface area contributed by atoms with Crippen LogP contribution in [0, 0.1) is 0 Å². The van der Waals surface area contributed by atoms with Crippen LogP contribution < -0.4 is 10.1 Å². The van der Waals surface area contributed by atoms with E-state index >= 15 is 0 Å². The molecule has 1 aromatic heterocycles. The quantitative estimate of drug-likeness (QED) is 0.689. The fourth-order valence-electron chi connectivity index (χ4n) is 2.79. The van der Waals surface area contributed by atoms with Crippen LogP contribution in [-0.2, 0) is 11.2 Å². The van der Waals surface area contributed by atoms with Crippen LogP contribution in [0.1, 0.15) is 37.7 Å². The predicted octanol–water partition coefficient (Wildman–Crippen LogP) is 3.77. The Labute approximate surface area is 147 Å². The number of carbonyl (C=O) groups is 1. The fourth-order valence-corrected chi connectivity index (χ4v) is 2.79. The maximum absolute atomic E-state index is 12.2. The number of hydrogen-bond donors (Lipinski definition) is 2. The largest absolute Gasteiger partial charge is 0.494 e. The standard InChI is InChI=1S/C20H23N3O2/c1-3-25-16-8-6-7-15(13-16)14(2)21-20(24)12-11-19-22-17-9-4-5-10-18(17)23-19/h4-10,13-14H,3,11-12H2,1-2H3,(H,21,24)(H,22,23)/t14-/m1/s1. The van der Waals surface area contributed by atoms with Crippen LogP contribution in [0.15, 0.2) is 48.5 Å². The molecule has 0 fully saturated rings. The van der Waals surface area contributed by atoms with Crippen LogP contribution in [0.5, 0.6) is 5.75 Å². The van der Waals surface area contributed by atoms with E-state index in [-0.39, 0.29) is 11.9 Å². The fraction of sp³-hybridized carbons (Fsp3) is 0.300. The highest BCUT2D eigenvalue weighted by Crippen LogP contribution is 2.19. The molecule has 1 amide bonds. The minimum Gasteiger partial charge on any atom is -0.494 e. The summed E-state index contributed by atoms with van der Waals surface area (Å²) < 4.78 is 5.51. The Hall–Kier alpha value is -2.82. The number of rotatable bonds is 7. The summed E-state index contributed by atoms with van der Waals surface area (Å²) in [5.41, 5.74) is 2.96. The van der Waals surface area contributed by atoms with Crippen molar-refractivity contribution in [3.8, 4) is 5.75 Å². The third kappa shape index (κ3) is 4.38. The zero-order chi connectivity index (χ0) is 17.6. The van der Waals surface area contributed by atoms with Gasteiger partial charge >= 0.3 is 0 Å². The number of nitrogens with zero attached hydrogens (tertiary/aromatic N) is 1. The van der Waals surface area contributed by atoms with E-state index in [0.29, 0.717) is 19.4 Å². The first kappa shape index (κ1) is 17.0. The number of H-pyrrole nitrogens is 1. The van der Waals surface area contributed by atoms with Crippen LogP contribution in [0.25, 0.3) is 11.0 Å². The van der Waals surface area contributed by atoms with E-state index in [1.54, 1.807) is 0 Å². The number of hydrogen-bond acceptors (Lipinski definition) is 3. The van der Waals surface area contributed by atoms with Gasteiger partial charge in [0.2, 0.25) is 5.91 Å². The van der Waals surface area contributed by atoms with Crippen molar-refractivity contribution in [2.24, 2.45) is 0 Å². The smallest absolute Gasteiger partial charge is 0.220 e. The van der Waals surface area contributed by atoms with Gasteiger partial charge in [-0.25, -0.2) is 4.98 Å². The zero-order valence-electron chi connectivity index (χ0n) is 14.6. The molecule has 5 nitrogen and oxygen atoms in total. The van der Waals surface area contributed by atoms with E-state index in [0.717, 1.165) is 28.2 Å². The Balaban J connectivity index is 1.55. The number of nitrogens with one attached hydrogen (secondary N) is 2. The number of carbonyl (C=O) groups excluding carboxylic acids is 1. The van der Waals surface area contributed by atoms with Gasteiger partial charge in [0.05, 0.1) is 23.7 Å². The lowest BCUT2D eigenvalue weighted by Crippen LogP contribution is -2.26. The normalized spacial score (nSPS) is 12.1. The second kappa shape index (κ2) is 7.83. The maximum atomic E-state index is 12.2. The van der Waals surface area contributed by atoms with E-state index in [1.165, 1.54) is 0 Å². The highest BCUT2D eigenvalue weighted by molar-refractivity contribution is 5.77. The molecule has 0 aliphatic rings. The van der Waals surface area contributed by atoms with Crippen molar-refractivity contribution >= 4 is 16.9 Å². The number of aryl methyl sites for hydroxylation is 1. The molecular weight excluding hydrogens is 314 g/mol. The highest BCUT2D eigenvalue weighted by Gasteiger charge is 2.11. The van der Waals surface area contributed by atoms with Crippen molar-refractivity contribution in [1.82, 2.24) is 15.3 Å². The molecular formula is C20H23N3O2. The van der Waals surface area contributed by atoms with Crippen LogP contribution >= 0.6 is 0 Å². The molecule has 0 saturated heterocycles. The lowest BCUT2D eigenvalue weighted by atomic mass is 10.1. The van der Waals surface area contributed by atoms with Gasteiger partial charge < -0.3 is 15.0 Å². The van der Waals surface area contributed by atoms with Gasteiger partial charge in [-0.05, 0) is 43.7 Å². The van der Waals surface area contributed by atoms with Crippen LogP contribution in [-0.4, -0.2) is 22.5 Å². The Morgan fingerprint density at radius 3 is 2.88 bits per heavy atom. The molecule has 2 aromatic carbocycles. The first-order chi connectivity index (χ1) is 12.2. The zero-order valence-corrected chi connectivity index (χ0v) is 14.6. The first-order valence-corrected chi connectivity index (χ1v) is 8.61. The van der Waals surface area contributed by atoms with Crippen molar-refractivity contribution in [3.63, 3.8) is 0 Å². The molecule has 0 bridgehead atoms. The molecule has 0 radical (unpaired) electrons. The van der Waals surface area contributed by atoms with Crippen LogP contribution in [0.4, 0.5) is 0 Å². The summed E-state index contributed by atoms with van der Waals surface area (Å²) in [6, 6.07) is 15.6. The van der Waals surface area contributed by atoms with Gasteiger partial charge in [0.15, 0.2) is 0 Å². The van der Waals surface area contributed by atoms with Crippen molar-refractivity contribution < 1.29 is 9.53 Å². The number of para-hydroxylation sites is 2. The molecule has 0 saturated carbocycles.